The van der Waals surface area contributed by atoms with E-state index < -0.39 is 0 Å². The van der Waals surface area contributed by atoms with Gasteiger partial charge >= 0.3 is 0 Å². The molecule has 2 aromatic carbocycles. The van der Waals surface area contributed by atoms with Gasteiger partial charge in [-0.1, -0.05) is 6.07 Å². The first-order chi connectivity index (χ1) is 14.2. The van der Waals surface area contributed by atoms with Gasteiger partial charge in [0.15, 0.2) is 11.5 Å². The van der Waals surface area contributed by atoms with Crippen LogP contribution in [0.15, 0.2) is 47.8 Å². The maximum absolute atomic E-state index is 13.2. The summed E-state index contributed by atoms with van der Waals surface area (Å²) in [6.45, 7) is 1.79. The second-order valence-corrected chi connectivity index (χ2v) is 7.96. The van der Waals surface area contributed by atoms with Crippen LogP contribution >= 0.6 is 11.3 Å². The minimum atomic E-state index is -0.291. The lowest BCUT2D eigenvalue weighted by Gasteiger charge is -2.26. The van der Waals surface area contributed by atoms with Gasteiger partial charge in [-0.15, -0.1) is 11.3 Å². The van der Waals surface area contributed by atoms with E-state index in [-0.39, 0.29) is 17.8 Å². The third-order valence-corrected chi connectivity index (χ3v) is 6.17. The van der Waals surface area contributed by atoms with Crippen LogP contribution < -0.4 is 9.47 Å². The Morgan fingerprint density at radius 3 is 2.72 bits per heavy atom. The van der Waals surface area contributed by atoms with Crippen molar-refractivity contribution in [1.29, 1.82) is 0 Å². The first-order valence-electron chi connectivity index (χ1n) is 9.61. The van der Waals surface area contributed by atoms with Gasteiger partial charge in [-0.25, -0.2) is 9.37 Å². The van der Waals surface area contributed by atoms with Crippen molar-refractivity contribution >= 4 is 17.2 Å². The van der Waals surface area contributed by atoms with Crippen LogP contribution in [-0.2, 0) is 0 Å². The summed E-state index contributed by atoms with van der Waals surface area (Å²) in [5.74, 6) is 1.12. The van der Waals surface area contributed by atoms with E-state index in [1.807, 2.05) is 23.1 Å². The Bertz CT molecular complexity index is 1050. The summed E-state index contributed by atoms with van der Waals surface area (Å²) in [5, 5.41) is 2.49. The molecule has 1 atom stereocenters. The van der Waals surface area contributed by atoms with Crippen molar-refractivity contribution in [3.63, 3.8) is 0 Å². The van der Waals surface area contributed by atoms with E-state index in [9.17, 15) is 9.18 Å². The number of carbonyl (C=O) groups excluding carboxylic acids is 1. The molecule has 0 aliphatic carbocycles. The predicted octanol–water partition coefficient (Wildman–Crippen LogP) is 4.70. The molecular formula is C22H19FN2O3S. The fourth-order valence-electron chi connectivity index (χ4n) is 3.87. The third kappa shape index (κ3) is 3.46. The summed E-state index contributed by atoms with van der Waals surface area (Å²) in [6.07, 6.45) is 1.85. The van der Waals surface area contributed by atoms with Crippen LogP contribution in [0.5, 0.6) is 11.5 Å². The highest BCUT2D eigenvalue weighted by molar-refractivity contribution is 7.13. The van der Waals surface area contributed by atoms with Crippen molar-refractivity contribution in [2.24, 2.45) is 0 Å². The zero-order valence-electron chi connectivity index (χ0n) is 15.6. The van der Waals surface area contributed by atoms with Gasteiger partial charge in [0.05, 0.1) is 6.04 Å². The van der Waals surface area contributed by atoms with Gasteiger partial charge in [-0.05, 0) is 54.8 Å². The molecule has 0 bridgehead atoms. The third-order valence-electron chi connectivity index (χ3n) is 5.28. The van der Waals surface area contributed by atoms with Gasteiger partial charge in [-0.3, -0.25) is 4.79 Å². The molecule has 0 saturated carbocycles. The van der Waals surface area contributed by atoms with Crippen LogP contribution in [0.3, 0.4) is 0 Å². The van der Waals surface area contributed by atoms with E-state index in [0.29, 0.717) is 30.5 Å². The molecule has 0 unspecified atom stereocenters. The summed E-state index contributed by atoms with van der Waals surface area (Å²) < 4.78 is 24.5. The maximum atomic E-state index is 13.2. The summed E-state index contributed by atoms with van der Waals surface area (Å²) in [7, 11) is 0. The van der Waals surface area contributed by atoms with Gasteiger partial charge in [0.2, 0.25) is 0 Å². The number of halogens is 1. The number of amides is 1. The van der Waals surface area contributed by atoms with Gasteiger partial charge in [0, 0.05) is 17.5 Å². The molecule has 0 N–H and O–H groups in total. The van der Waals surface area contributed by atoms with E-state index in [4.69, 9.17) is 9.47 Å². The number of nitrogens with zero attached hydrogens (tertiary/aromatic N) is 2. The molecule has 0 spiro atoms. The van der Waals surface area contributed by atoms with Crippen molar-refractivity contribution in [3.8, 4) is 22.1 Å². The lowest BCUT2D eigenvalue weighted by Crippen LogP contribution is -2.30. The Balaban J connectivity index is 1.39. The number of rotatable bonds is 3. The van der Waals surface area contributed by atoms with Gasteiger partial charge < -0.3 is 14.4 Å². The Hall–Kier alpha value is -2.93. The minimum absolute atomic E-state index is 0.00528. The molecule has 1 fully saturated rings. The largest absolute Gasteiger partial charge is 0.486 e. The number of hydrogen-bond acceptors (Lipinski definition) is 5. The van der Waals surface area contributed by atoms with Gasteiger partial charge in [0.25, 0.3) is 5.91 Å². The second kappa shape index (κ2) is 7.48. The summed E-state index contributed by atoms with van der Waals surface area (Å²) >= 11 is 1.39. The van der Waals surface area contributed by atoms with Crippen molar-refractivity contribution in [2.75, 3.05) is 19.8 Å². The van der Waals surface area contributed by atoms with E-state index >= 15 is 0 Å². The molecule has 1 aromatic heterocycles. The number of ether oxygens (including phenoxy) is 2. The highest BCUT2D eigenvalue weighted by atomic mass is 32.1. The highest BCUT2D eigenvalue weighted by Crippen LogP contribution is 2.39. The van der Waals surface area contributed by atoms with Gasteiger partial charge in [-0.2, -0.15) is 0 Å². The fourth-order valence-corrected chi connectivity index (χ4v) is 4.67. The Labute approximate surface area is 171 Å². The molecule has 148 valence electrons. The molecular weight excluding hydrogens is 391 g/mol. The van der Waals surface area contributed by atoms with E-state index in [2.05, 4.69) is 4.98 Å². The molecule has 1 amide bonds. The van der Waals surface area contributed by atoms with Crippen LogP contribution in [0, 0.1) is 5.82 Å². The van der Waals surface area contributed by atoms with Crippen molar-refractivity contribution < 1.29 is 18.7 Å². The monoisotopic (exact) mass is 410 g/mol. The van der Waals surface area contributed by atoms with Crippen molar-refractivity contribution in [2.45, 2.75) is 18.9 Å². The average Bonchev–Trinajstić information content (AvgIpc) is 3.44. The zero-order chi connectivity index (χ0) is 19.8. The molecule has 1 saturated heterocycles. The Morgan fingerprint density at radius 2 is 1.90 bits per heavy atom. The summed E-state index contributed by atoms with van der Waals surface area (Å²) in [5.41, 5.74) is 2.29. The normalized spacial score (nSPS) is 18.1. The van der Waals surface area contributed by atoms with E-state index in [1.165, 1.54) is 23.5 Å². The van der Waals surface area contributed by atoms with E-state index in [1.54, 1.807) is 17.5 Å². The predicted molar refractivity (Wildman–Crippen MR) is 108 cm³/mol. The quantitative estimate of drug-likeness (QED) is 0.628. The Kier molecular flexibility index (Phi) is 4.67. The van der Waals surface area contributed by atoms with Gasteiger partial charge in [0.1, 0.15) is 29.7 Å². The zero-order valence-corrected chi connectivity index (χ0v) is 16.5. The summed E-state index contributed by atoms with van der Waals surface area (Å²) in [4.78, 5) is 19.6. The first-order valence-corrected chi connectivity index (χ1v) is 10.5. The fraction of sp³-hybridized carbons (Fsp3) is 0.273. The average molecular weight is 410 g/mol. The molecule has 5 nitrogen and oxygen atoms in total. The SMILES string of the molecule is O=C(c1csc(-c2ccc(F)cc2)n1)N1CCC[C@H]1c1ccc2c(c1)OCCO2. The Morgan fingerprint density at radius 1 is 1.10 bits per heavy atom. The molecule has 7 heteroatoms. The van der Waals surface area contributed by atoms with Crippen molar-refractivity contribution in [1.82, 2.24) is 9.88 Å². The molecule has 2 aliphatic rings. The first kappa shape index (κ1) is 18.1. The number of hydrogen-bond donors (Lipinski definition) is 0. The molecule has 2 aliphatic heterocycles. The molecule has 3 aromatic rings. The number of aromatic nitrogens is 1. The second-order valence-electron chi connectivity index (χ2n) is 7.10. The van der Waals surface area contributed by atoms with Crippen LogP contribution in [-0.4, -0.2) is 35.5 Å². The molecule has 0 radical (unpaired) electrons. The van der Waals surface area contributed by atoms with E-state index in [0.717, 1.165) is 35.5 Å². The number of benzene rings is 2. The molecule has 5 rings (SSSR count). The highest BCUT2D eigenvalue weighted by Gasteiger charge is 2.32. The lowest BCUT2D eigenvalue weighted by atomic mass is 10.0. The maximum Gasteiger partial charge on any atom is 0.273 e. The van der Waals surface area contributed by atoms with Crippen LogP contribution in [0.25, 0.3) is 10.6 Å². The topological polar surface area (TPSA) is 51.7 Å². The molecule has 29 heavy (non-hydrogen) atoms. The smallest absolute Gasteiger partial charge is 0.273 e. The number of likely N-dealkylation sites (tertiary alicyclic amines) is 1. The lowest BCUT2D eigenvalue weighted by molar-refractivity contribution is 0.0730. The summed E-state index contributed by atoms with van der Waals surface area (Å²) in [6, 6.07) is 12.1. The number of carbonyl (C=O) groups is 1. The standard InChI is InChI=1S/C22H19FN2O3S/c23-16-6-3-14(4-7-16)21-24-17(13-29-21)22(26)25-9-1-2-18(25)15-5-8-19-20(12-15)28-11-10-27-19/h3-8,12-13,18H,1-2,9-11H2/t18-/m0/s1. The van der Waals surface area contributed by atoms with Crippen LogP contribution in [0.2, 0.25) is 0 Å². The number of thiazole rings is 1. The van der Waals surface area contributed by atoms with Crippen LogP contribution in [0.1, 0.15) is 34.9 Å². The number of fused-ring (bicyclic) bond motifs is 1. The van der Waals surface area contributed by atoms with Crippen LogP contribution in [0.4, 0.5) is 4.39 Å². The minimum Gasteiger partial charge on any atom is -0.486 e. The molecule has 3 heterocycles. The van der Waals surface area contributed by atoms with Crippen molar-refractivity contribution in [3.05, 3.63) is 64.9 Å².